The zero-order valence-corrected chi connectivity index (χ0v) is 14.6. The summed E-state index contributed by atoms with van der Waals surface area (Å²) < 4.78 is 1.10. The molecule has 0 fully saturated rings. The summed E-state index contributed by atoms with van der Waals surface area (Å²) in [6.45, 7) is 0. The molecule has 2 aromatic carbocycles. The van der Waals surface area contributed by atoms with E-state index in [0.29, 0.717) is 5.13 Å². The first-order valence-electron chi connectivity index (χ1n) is 8.23. The molecule has 0 bridgehead atoms. The van der Waals surface area contributed by atoms with Gasteiger partial charge in [0.1, 0.15) is 0 Å². The average Bonchev–Trinajstić information content (AvgIpc) is 3.07. The maximum absolute atomic E-state index is 5.83. The van der Waals surface area contributed by atoms with Crippen molar-refractivity contribution >= 4 is 37.6 Å². The molecule has 0 radical (unpaired) electrons. The van der Waals surface area contributed by atoms with Crippen molar-refractivity contribution in [1.29, 1.82) is 0 Å². The van der Waals surface area contributed by atoms with Crippen LogP contribution in [0.1, 0.15) is 0 Å². The number of nitrogens with zero attached hydrogens (tertiary/aromatic N) is 3. The predicted octanol–water partition coefficient (Wildman–Crippen LogP) is 5.16. The first kappa shape index (κ1) is 15.0. The lowest BCUT2D eigenvalue weighted by atomic mass is 9.98. The van der Waals surface area contributed by atoms with Gasteiger partial charge in [0.2, 0.25) is 0 Å². The number of nitrogens with two attached hydrogens (primary N) is 1. The van der Waals surface area contributed by atoms with E-state index in [4.69, 9.17) is 5.73 Å². The van der Waals surface area contributed by atoms with Crippen LogP contribution in [0, 0.1) is 0 Å². The van der Waals surface area contributed by atoms with Crippen LogP contribution in [0.4, 0.5) is 5.13 Å². The highest BCUT2D eigenvalue weighted by Gasteiger charge is 2.08. The second-order valence-corrected chi connectivity index (χ2v) is 7.12. The maximum Gasteiger partial charge on any atom is 0.181 e. The summed E-state index contributed by atoms with van der Waals surface area (Å²) in [4.78, 5) is 13.0. The van der Waals surface area contributed by atoms with Gasteiger partial charge in [-0.2, -0.15) is 0 Å². The predicted molar refractivity (Wildman–Crippen MR) is 108 cm³/mol. The van der Waals surface area contributed by atoms with Crippen LogP contribution in [0.3, 0.4) is 0 Å². The molecule has 0 saturated heterocycles. The Hall–Kier alpha value is -3.31. The molecule has 3 heterocycles. The minimum Gasteiger partial charge on any atom is -0.375 e. The summed E-state index contributed by atoms with van der Waals surface area (Å²) in [5.41, 5.74) is 12.3. The molecule has 0 amide bonds. The molecule has 0 unspecified atom stereocenters. The lowest BCUT2D eigenvalue weighted by Crippen LogP contribution is -1.86. The number of thiazole rings is 1. The van der Waals surface area contributed by atoms with Gasteiger partial charge in [0, 0.05) is 24.0 Å². The molecule has 0 aliphatic rings. The molecular weight excluding hydrogens is 340 g/mol. The molecule has 0 atom stereocenters. The molecule has 3 aromatic heterocycles. The van der Waals surface area contributed by atoms with Crippen LogP contribution in [0.2, 0.25) is 0 Å². The molecule has 0 aliphatic heterocycles. The Bertz CT molecular complexity index is 1250. The second-order valence-electron chi connectivity index (χ2n) is 6.06. The number of hydrogen-bond acceptors (Lipinski definition) is 5. The van der Waals surface area contributed by atoms with Crippen molar-refractivity contribution < 1.29 is 0 Å². The third-order valence-electron chi connectivity index (χ3n) is 4.47. The lowest BCUT2D eigenvalue weighted by molar-refractivity contribution is 1.33. The van der Waals surface area contributed by atoms with E-state index in [1.165, 1.54) is 11.3 Å². The van der Waals surface area contributed by atoms with Crippen molar-refractivity contribution in [2.45, 2.75) is 0 Å². The summed E-state index contributed by atoms with van der Waals surface area (Å²) in [5, 5.41) is 1.72. The highest BCUT2D eigenvalue weighted by Crippen LogP contribution is 2.33. The number of anilines is 1. The van der Waals surface area contributed by atoms with E-state index in [2.05, 4.69) is 51.4 Å². The Morgan fingerprint density at radius 2 is 1.54 bits per heavy atom. The number of nitrogen functional groups attached to an aromatic ring is 1. The third kappa shape index (κ3) is 2.50. The summed E-state index contributed by atoms with van der Waals surface area (Å²) in [6, 6.07) is 18.7. The summed E-state index contributed by atoms with van der Waals surface area (Å²) in [6.07, 6.45) is 5.47. The normalized spacial score (nSPS) is 11.2. The van der Waals surface area contributed by atoms with Crippen LogP contribution < -0.4 is 5.73 Å². The summed E-state index contributed by atoms with van der Waals surface area (Å²) in [7, 11) is 0. The van der Waals surface area contributed by atoms with E-state index >= 15 is 0 Å². The number of hydrogen-bond donors (Lipinski definition) is 1. The van der Waals surface area contributed by atoms with Gasteiger partial charge in [0.25, 0.3) is 0 Å². The summed E-state index contributed by atoms with van der Waals surface area (Å²) in [5.74, 6) is 0. The van der Waals surface area contributed by atoms with E-state index in [1.54, 1.807) is 0 Å². The molecule has 0 aliphatic carbocycles. The Balaban J connectivity index is 1.71. The first-order valence-corrected chi connectivity index (χ1v) is 9.05. The minimum absolute atomic E-state index is 0.597. The molecule has 2 N–H and O–H groups in total. The summed E-state index contributed by atoms with van der Waals surface area (Å²) >= 11 is 1.51. The van der Waals surface area contributed by atoms with Crippen molar-refractivity contribution in [2.24, 2.45) is 0 Å². The molecule has 4 nitrogen and oxygen atoms in total. The van der Waals surface area contributed by atoms with Gasteiger partial charge in [-0.1, -0.05) is 23.5 Å². The zero-order chi connectivity index (χ0) is 17.5. The van der Waals surface area contributed by atoms with Gasteiger partial charge in [0.15, 0.2) is 5.13 Å². The van der Waals surface area contributed by atoms with E-state index in [-0.39, 0.29) is 0 Å². The van der Waals surface area contributed by atoms with Gasteiger partial charge in [-0.15, -0.1) is 0 Å². The van der Waals surface area contributed by atoms with Crippen molar-refractivity contribution in [3.63, 3.8) is 0 Å². The van der Waals surface area contributed by atoms with E-state index < -0.39 is 0 Å². The van der Waals surface area contributed by atoms with Crippen LogP contribution in [0.25, 0.3) is 43.4 Å². The Morgan fingerprint density at radius 1 is 0.731 bits per heavy atom. The number of fused-ring (bicyclic) bond motifs is 2. The standard InChI is InChI=1S/C21H14N4S/c22-21-25-19-12-15(2-4-20(19)26-21)14-1-3-18-17(11-14)16(7-10-24-18)13-5-8-23-9-6-13/h1-12H,(H2,22,25). The molecule has 0 saturated carbocycles. The van der Waals surface area contributed by atoms with Crippen molar-refractivity contribution in [1.82, 2.24) is 15.0 Å². The minimum atomic E-state index is 0.597. The molecule has 124 valence electrons. The fraction of sp³-hybridized carbons (Fsp3) is 0. The van der Waals surface area contributed by atoms with Gasteiger partial charge in [-0.3, -0.25) is 9.97 Å². The second kappa shape index (κ2) is 5.89. The molecule has 5 aromatic rings. The highest BCUT2D eigenvalue weighted by atomic mass is 32.1. The van der Waals surface area contributed by atoms with Crippen LogP contribution in [0.15, 0.2) is 73.2 Å². The molecular formula is C21H14N4S. The smallest absolute Gasteiger partial charge is 0.181 e. The fourth-order valence-corrected chi connectivity index (χ4v) is 3.95. The number of benzene rings is 2. The topological polar surface area (TPSA) is 64.7 Å². The van der Waals surface area contributed by atoms with Gasteiger partial charge in [0.05, 0.1) is 15.7 Å². The number of pyridine rings is 2. The van der Waals surface area contributed by atoms with Gasteiger partial charge < -0.3 is 5.73 Å². The van der Waals surface area contributed by atoms with Crippen molar-refractivity contribution in [2.75, 3.05) is 5.73 Å². The zero-order valence-electron chi connectivity index (χ0n) is 13.8. The molecule has 5 rings (SSSR count). The van der Waals surface area contributed by atoms with Crippen molar-refractivity contribution in [3.05, 3.63) is 73.2 Å². The largest absolute Gasteiger partial charge is 0.375 e. The van der Waals surface area contributed by atoms with Gasteiger partial charge in [-0.05, 0) is 64.7 Å². The van der Waals surface area contributed by atoms with Crippen LogP contribution in [-0.4, -0.2) is 15.0 Å². The fourth-order valence-electron chi connectivity index (χ4n) is 3.23. The van der Waals surface area contributed by atoms with Crippen molar-refractivity contribution in [3.8, 4) is 22.3 Å². The third-order valence-corrected chi connectivity index (χ3v) is 5.34. The highest BCUT2D eigenvalue weighted by molar-refractivity contribution is 7.22. The number of rotatable bonds is 2. The monoisotopic (exact) mass is 354 g/mol. The van der Waals surface area contributed by atoms with Crippen LogP contribution in [0.5, 0.6) is 0 Å². The average molecular weight is 354 g/mol. The SMILES string of the molecule is Nc1nc2cc(-c3ccc4nccc(-c5ccncc5)c4c3)ccc2s1. The van der Waals surface area contributed by atoms with E-state index in [9.17, 15) is 0 Å². The van der Waals surface area contributed by atoms with Gasteiger partial charge >= 0.3 is 0 Å². The molecule has 0 spiro atoms. The number of aromatic nitrogens is 3. The van der Waals surface area contributed by atoms with Crippen LogP contribution >= 0.6 is 11.3 Å². The quantitative estimate of drug-likeness (QED) is 0.476. The lowest BCUT2D eigenvalue weighted by Gasteiger charge is -2.09. The molecule has 5 heteroatoms. The van der Waals surface area contributed by atoms with Gasteiger partial charge in [-0.25, -0.2) is 4.98 Å². The Morgan fingerprint density at radius 3 is 2.42 bits per heavy atom. The molecule has 26 heavy (non-hydrogen) atoms. The maximum atomic E-state index is 5.83. The van der Waals surface area contributed by atoms with Crippen LogP contribution in [-0.2, 0) is 0 Å². The Labute approximate surface area is 154 Å². The van der Waals surface area contributed by atoms with E-state index in [1.807, 2.05) is 36.8 Å². The Kier molecular flexibility index (Phi) is 3.40. The van der Waals surface area contributed by atoms with E-state index in [0.717, 1.165) is 43.4 Å². The first-order chi connectivity index (χ1) is 12.8.